The van der Waals surface area contributed by atoms with Gasteiger partial charge < -0.3 is 10.5 Å². The van der Waals surface area contributed by atoms with E-state index >= 15 is 0 Å². The number of rotatable bonds is 2. The minimum atomic E-state index is 0.0499. The van der Waals surface area contributed by atoms with Gasteiger partial charge in [0.05, 0.1) is 17.1 Å². The average Bonchev–Trinajstić information content (AvgIpc) is 2.82. The van der Waals surface area contributed by atoms with E-state index < -0.39 is 0 Å². The molecule has 2 aromatic rings. The molecule has 21 heavy (non-hydrogen) atoms. The van der Waals surface area contributed by atoms with Crippen molar-refractivity contribution in [3.05, 3.63) is 24.0 Å². The van der Waals surface area contributed by atoms with Gasteiger partial charge in [0.1, 0.15) is 5.82 Å². The summed E-state index contributed by atoms with van der Waals surface area (Å²) in [6.45, 7) is 1.87. The largest absolute Gasteiger partial charge is 0.399 e. The predicted molar refractivity (Wildman–Crippen MR) is 82.3 cm³/mol. The third-order valence-electron chi connectivity index (χ3n) is 4.42. The maximum absolute atomic E-state index is 12.8. The summed E-state index contributed by atoms with van der Waals surface area (Å²) in [5.74, 6) is 0.915. The van der Waals surface area contributed by atoms with Gasteiger partial charge in [-0.2, -0.15) is 0 Å². The summed E-state index contributed by atoms with van der Waals surface area (Å²) in [7, 11) is 1.74. The second-order valence-electron chi connectivity index (χ2n) is 5.79. The van der Waals surface area contributed by atoms with Crippen molar-refractivity contribution in [2.45, 2.75) is 38.7 Å². The van der Waals surface area contributed by atoms with Crippen molar-refractivity contribution in [1.82, 2.24) is 9.55 Å². The summed E-state index contributed by atoms with van der Waals surface area (Å²) in [4.78, 5) is 17.3. The van der Waals surface area contributed by atoms with E-state index in [4.69, 9.17) is 10.5 Å². The van der Waals surface area contributed by atoms with Crippen LogP contribution in [0.2, 0.25) is 0 Å². The number of imidazole rings is 1. The van der Waals surface area contributed by atoms with Gasteiger partial charge in [0, 0.05) is 18.7 Å². The molecule has 1 heterocycles. The Morgan fingerprint density at radius 2 is 2.05 bits per heavy atom. The number of aromatic nitrogens is 2. The van der Waals surface area contributed by atoms with Crippen LogP contribution < -0.4 is 5.73 Å². The minimum Gasteiger partial charge on any atom is -0.399 e. The van der Waals surface area contributed by atoms with Crippen molar-refractivity contribution in [3.8, 4) is 0 Å². The van der Waals surface area contributed by atoms with Crippen molar-refractivity contribution < 1.29 is 9.53 Å². The number of benzene rings is 1. The maximum atomic E-state index is 12.8. The molecule has 0 unspecified atom stereocenters. The zero-order chi connectivity index (χ0) is 15.0. The van der Waals surface area contributed by atoms with Gasteiger partial charge >= 0.3 is 0 Å². The molecule has 5 nitrogen and oxygen atoms in total. The zero-order valence-corrected chi connectivity index (χ0v) is 12.5. The van der Waals surface area contributed by atoms with E-state index in [9.17, 15) is 4.79 Å². The van der Waals surface area contributed by atoms with E-state index in [2.05, 4.69) is 4.98 Å². The van der Waals surface area contributed by atoms with Gasteiger partial charge in [0.15, 0.2) is 0 Å². The molecule has 1 saturated carbocycles. The number of methoxy groups -OCH3 is 1. The van der Waals surface area contributed by atoms with Gasteiger partial charge in [-0.15, -0.1) is 0 Å². The number of anilines is 1. The summed E-state index contributed by atoms with van der Waals surface area (Å²) in [5, 5.41) is 0. The molecular formula is C16H21N3O2. The highest BCUT2D eigenvalue weighted by atomic mass is 16.5. The Morgan fingerprint density at radius 3 is 2.71 bits per heavy atom. The molecule has 2 N–H and O–H groups in total. The Morgan fingerprint density at radius 1 is 1.33 bits per heavy atom. The van der Waals surface area contributed by atoms with Crippen LogP contribution in [0.4, 0.5) is 5.69 Å². The van der Waals surface area contributed by atoms with Crippen LogP contribution in [0.3, 0.4) is 0 Å². The number of hydrogen-bond donors (Lipinski definition) is 1. The lowest BCUT2D eigenvalue weighted by molar-refractivity contribution is 0.0483. The molecule has 0 saturated heterocycles. The standard InChI is InChI=1S/C16H21N3O2/c1-10-18-14-8-5-12(17)9-15(14)19(10)16(20)11-3-6-13(21-2)7-4-11/h5,8-9,11,13H,3-4,6-7,17H2,1-2H3. The van der Waals surface area contributed by atoms with E-state index in [0.29, 0.717) is 11.8 Å². The van der Waals surface area contributed by atoms with Gasteiger partial charge in [0.25, 0.3) is 0 Å². The van der Waals surface area contributed by atoms with Crippen molar-refractivity contribution in [1.29, 1.82) is 0 Å². The monoisotopic (exact) mass is 287 g/mol. The van der Waals surface area contributed by atoms with Crippen LogP contribution >= 0.6 is 0 Å². The number of fused-ring (bicyclic) bond motifs is 1. The highest BCUT2D eigenvalue weighted by molar-refractivity contribution is 5.93. The molecule has 112 valence electrons. The molecule has 0 aliphatic heterocycles. The Balaban J connectivity index is 1.91. The molecule has 0 radical (unpaired) electrons. The van der Waals surface area contributed by atoms with Crippen LogP contribution in [0.25, 0.3) is 11.0 Å². The number of nitrogens with two attached hydrogens (primary N) is 1. The molecule has 1 fully saturated rings. The fourth-order valence-corrected chi connectivity index (χ4v) is 3.22. The first-order chi connectivity index (χ1) is 10.1. The van der Waals surface area contributed by atoms with Crippen LogP contribution in [0.15, 0.2) is 18.2 Å². The SMILES string of the molecule is COC1CCC(C(=O)n2c(C)nc3ccc(N)cc32)CC1. The van der Waals surface area contributed by atoms with Gasteiger partial charge in [-0.1, -0.05) is 0 Å². The minimum absolute atomic E-state index is 0.0499. The molecule has 1 aromatic carbocycles. The van der Waals surface area contributed by atoms with Crippen LogP contribution in [0.5, 0.6) is 0 Å². The third-order valence-corrected chi connectivity index (χ3v) is 4.42. The van der Waals surface area contributed by atoms with Crippen molar-refractivity contribution in [2.75, 3.05) is 12.8 Å². The lowest BCUT2D eigenvalue weighted by Crippen LogP contribution is -2.29. The molecule has 0 amide bonds. The number of aryl methyl sites for hydroxylation is 1. The zero-order valence-electron chi connectivity index (χ0n) is 12.5. The van der Waals surface area contributed by atoms with Gasteiger partial charge in [-0.05, 0) is 50.8 Å². The lowest BCUT2D eigenvalue weighted by Gasteiger charge is -2.27. The average molecular weight is 287 g/mol. The van der Waals surface area contributed by atoms with E-state index in [1.807, 2.05) is 25.1 Å². The van der Waals surface area contributed by atoms with Crippen LogP contribution in [-0.4, -0.2) is 28.7 Å². The summed E-state index contributed by atoms with van der Waals surface area (Å²) in [6.07, 6.45) is 3.93. The smallest absolute Gasteiger partial charge is 0.235 e. The Kier molecular flexibility index (Phi) is 3.68. The van der Waals surface area contributed by atoms with Gasteiger partial charge in [0.2, 0.25) is 5.91 Å². The molecule has 0 atom stereocenters. The maximum Gasteiger partial charge on any atom is 0.235 e. The first kappa shape index (κ1) is 14.1. The molecule has 1 aliphatic rings. The first-order valence-electron chi connectivity index (χ1n) is 7.41. The number of hydrogen-bond acceptors (Lipinski definition) is 4. The number of ether oxygens (including phenoxy) is 1. The fraction of sp³-hybridized carbons (Fsp3) is 0.500. The summed E-state index contributed by atoms with van der Waals surface area (Å²) < 4.78 is 7.10. The highest BCUT2D eigenvalue weighted by Gasteiger charge is 2.28. The normalized spacial score (nSPS) is 22.6. The Bertz CT molecular complexity index is 669. The second kappa shape index (κ2) is 5.48. The van der Waals surface area contributed by atoms with Crippen molar-refractivity contribution in [3.63, 3.8) is 0 Å². The molecule has 5 heteroatoms. The van der Waals surface area contributed by atoms with E-state index in [0.717, 1.165) is 42.5 Å². The summed E-state index contributed by atoms with van der Waals surface area (Å²) >= 11 is 0. The number of nitrogens with zero attached hydrogens (tertiary/aromatic N) is 2. The Labute approximate surface area is 124 Å². The number of carbonyl (C=O) groups is 1. The first-order valence-corrected chi connectivity index (χ1v) is 7.41. The van der Waals surface area contributed by atoms with Gasteiger partial charge in [-0.3, -0.25) is 9.36 Å². The molecule has 3 rings (SSSR count). The summed E-state index contributed by atoms with van der Waals surface area (Å²) in [5.41, 5.74) is 8.13. The lowest BCUT2D eigenvalue weighted by atomic mass is 9.86. The third kappa shape index (κ3) is 2.53. The molecule has 1 aliphatic carbocycles. The number of nitrogen functional groups attached to an aromatic ring is 1. The van der Waals surface area contributed by atoms with Crippen molar-refractivity contribution >= 4 is 22.6 Å². The van der Waals surface area contributed by atoms with Crippen LogP contribution in [-0.2, 0) is 4.74 Å². The topological polar surface area (TPSA) is 70.1 Å². The van der Waals surface area contributed by atoms with E-state index in [1.165, 1.54) is 0 Å². The molecule has 1 aromatic heterocycles. The van der Waals surface area contributed by atoms with Crippen LogP contribution in [0, 0.1) is 12.8 Å². The van der Waals surface area contributed by atoms with E-state index in [-0.39, 0.29) is 11.8 Å². The fourth-order valence-electron chi connectivity index (χ4n) is 3.22. The molecule has 0 spiro atoms. The molecular weight excluding hydrogens is 266 g/mol. The quantitative estimate of drug-likeness (QED) is 0.862. The Hall–Kier alpha value is -1.88. The predicted octanol–water partition coefficient (Wildman–Crippen LogP) is 2.77. The van der Waals surface area contributed by atoms with Crippen molar-refractivity contribution in [2.24, 2.45) is 5.92 Å². The summed E-state index contributed by atoms with van der Waals surface area (Å²) in [6, 6.07) is 5.50. The highest BCUT2D eigenvalue weighted by Crippen LogP contribution is 2.29. The second-order valence-corrected chi connectivity index (χ2v) is 5.79. The number of carbonyl (C=O) groups excluding carboxylic acids is 1. The molecule has 0 bridgehead atoms. The van der Waals surface area contributed by atoms with E-state index in [1.54, 1.807) is 11.7 Å². The van der Waals surface area contributed by atoms with Crippen LogP contribution in [0.1, 0.15) is 36.3 Å². The van der Waals surface area contributed by atoms with Gasteiger partial charge in [-0.25, -0.2) is 4.98 Å².